The number of ether oxygens (including phenoxy) is 2. The molecule has 0 aliphatic rings. The van der Waals surface area contributed by atoms with Gasteiger partial charge in [0, 0.05) is 15.4 Å². The van der Waals surface area contributed by atoms with E-state index in [1.807, 2.05) is 20.8 Å². The lowest BCUT2D eigenvalue weighted by Crippen LogP contribution is -2.30. The molecule has 0 spiro atoms. The Morgan fingerprint density at radius 1 is 1.13 bits per heavy atom. The van der Waals surface area contributed by atoms with Crippen molar-refractivity contribution in [3.8, 4) is 0 Å². The van der Waals surface area contributed by atoms with Crippen LogP contribution in [0.2, 0.25) is 0 Å². The second kappa shape index (κ2) is 8.46. The maximum Gasteiger partial charge on any atom is 0.433 e. The number of alkyl halides is 3. The summed E-state index contributed by atoms with van der Waals surface area (Å²) in [5.74, 6) is -0.365. The third-order valence-corrected chi connectivity index (χ3v) is 5.12. The van der Waals surface area contributed by atoms with Crippen molar-refractivity contribution in [1.29, 1.82) is 0 Å². The molecule has 0 saturated heterocycles. The van der Waals surface area contributed by atoms with Gasteiger partial charge < -0.3 is 9.47 Å². The van der Waals surface area contributed by atoms with Crippen LogP contribution in [0.1, 0.15) is 64.5 Å². The largest absolute Gasteiger partial charge is 0.462 e. The standard InChI is InChI=1S/C22H27BrF3NO3/c1-12-10-14-13(8-9-16(27-14)22(24,25)26)18(23)17(12)15(30-21(5,6)7)11-29-19(28)20(2,3)4/h8-10,15H,11H2,1-7H3/t15-/m1/s1. The Bertz CT molecular complexity index is 944. The van der Waals surface area contributed by atoms with Gasteiger partial charge in [0.2, 0.25) is 0 Å². The molecule has 8 heteroatoms. The van der Waals surface area contributed by atoms with E-state index in [4.69, 9.17) is 9.47 Å². The molecule has 0 N–H and O–H groups in total. The summed E-state index contributed by atoms with van der Waals surface area (Å²) in [6.45, 7) is 12.7. The number of pyridine rings is 1. The molecule has 166 valence electrons. The maximum absolute atomic E-state index is 13.0. The van der Waals surface area contributed by atoms with E-state index < -0.39 is 29.0 Å². The SMILES string of the molecule is Cc1cc2nc(C(F)(F)F)ccc2c(Br)c1[C@@H](COC(=O)C(C)(C)C)OC(C)(C)C. The molecule has 0 amide bonds. The average Bonchev–Trinajstić information content (AvgIpc) is 2.55. The third kappa shape index (κ3) is 5.94. The molecule has 30 heavy (non-hydrogen) atoms. The number of fused-ring (bicyclic) bond motifs is 1. The molecule has 1 heterocycles. The van der Waals surface area contributed by atoms with Crippen LogP contribution in [0.4, 0.5) is 13.2 Å². The Labute approximate surface area is 183 Å². The van der Waals surface area contributed by atoms with Crippen LogP contribution < -0.4 is 0 Å². The molecule has 1 aromatic heterocycles. The van der Waals surface area contributed by atoms with E-state index in [0.29, 0.717) is 21.0 Å². The number of carbonyl (C=O) groups excluding carboxylic acids is 1. The number of benzene rings is 1. The Kier molecular flexibility index (Phi) is 6.94. The van der Waals surface area contributed by atoms with E-state index in [-0.39, 0.29) is 18.1 Å². The van der Waals surface area contributed by atoms with Gasteiger partial charge in [-0.15, -0.1) is 0 Å². The van der Waals surface area contributed by atoms with Crippen LogP contribution in [0.25, 0.3) is 10.9 Å². The number of aryl methyl sites for hydroxylation is 1. The zero-order chi connectivity index (χ0) is 23.1. The number of nitrogens with zero attached hydrogens (tertiary/aromatic N) is 1. The molecule has 2 rings (SSSR count). The molecule has 4 nitrogen and oxygen atoms in total. The van der Waals surface area contributed by atoms with Gasteiger partial charge >= 0.3 is 12.1 Å². The highest BCUT2D eigenvalue weighted by molar-refractivity contribution is 9.10. The summed E-state index contributed by atoms with van der Waals surface area (Å²) >= 11 is 3.52. The minimum absolute atomic E-state index is 0.0214. The second-order valence-electron chi connectivity index (χ2n) is 9.25. The van der Waals surface area contributed by atoms with Gasteiger partial charge in [0.1, 0.15) is 18.4 Å². The van der Waals surface area contributed by atoms with Gasteiger partial charge in [0.25, 0.3) is 0 Å². The fourth-order valence-electron chi connectivity index (χ4n) is 2.90. The number of hydrogen-bond donors (Lipinski definition) is 0. The number of aromatic nitrogens is 1. The van der Waals surface area contributed by atoms with Gasteiger partial charge in [-0.1, -0.05) is 0 Å². The van der Waals surface area contributed by atoms with E-state index in [2.05, 4.69) is 20.9 Å². The highest BCUT2D eigenvalue weighted by Crippen LogP contribution is 2.39. The molecular weight excluding hydrogens is 463 g/mol. The summed E-state index contributed by atoms with van der Waals surface area (Å²) in [5, 5.41) is 0.522. The van der Waals surface area contributed by atoms with E-state index in [0.717, 1.165) is 6.07 Å². The maximum atomic E-state index is 13.0. The number of esters is 1. The summed E-state index contributed by atoms with van der Waals surface area (Å²) in [7, 11) is 0. The number of hydrogen-bond acceptors (Lipinski definition) is 4. The molecule has 0 fully saturated rings. The van der Waals surface area contributed by atoms with E-state index in [1.165, 1.54) is 6.07 Å². The fraction of sp³-hybridized carbons (Fsp3) is 0.545. The van der Waals surface area contributed by atoms with Gasteiger partial charge in [-0.2, -0.15) is 13.2 Å². The monoisotopic (exact) mass is 489 g/mol. The van der Waals surface area contributed by atoms with Crippen LogP contribution >= 0.6 is 15.9 Å². The lowest BCUT2D eigenvalue weighted by atomic mass is 9.97. The summed E-state index contributed by atoms with van der Waals surface area (Å²) in [6, 6.07) is 3.92. The Balaban J connectivity index is 2.53. The quantitative estimate of drug-likeness (QED) is 0.444. The number of halogens is 4. The first-order valence-corrected chi connectivity index (χ1v) is 10.3. The Hall–Kier alpha value is -1.67. The smallest absolute Gasteiger partial charge is 0.433 e. The number of carbonyl (C=O) groups is 1. The van der Waals surface area contributed by atoms with Crippen LogP contribution in [0, 0.1) is 12.3 Å². The summed E-state index contributed by atoms with van der Waals surface area (Å²) in [5.41, 5.74) is -0.546. The zero-order valence-electron chi connectivity index (χ0n) is 18.2. The Morgan fingerprint density at radius 2 is 1.73 bits per heavy atom. The van der Waals surface area contributed by atoms with Crippen molar-refractivity contribution in [1.82, 2.24) is 4.98 Å². The number of rotatable bonds is 4. The van der Waals surface area contributed by atoms with Crippen LogP contribution in [0.5, 0.6) is 0 Å². The lowest BCUT2D eigenvalue weighted by Gasteiger charge is -2.30. The first-order valence-electron chi connectivity index (χ1n) is 9.52. The summed E-state index contributed by atoms with van der Waals surface area (Å²) < 4.78 is 51.4. The minimum atomic E-state index is -4.52. The molecule has 0 radical (unpaired) electrons. The van der Waals surface area contributed by atoms with Crippen molar-refractivity contribution in [3.05, 3.63) is 39.5 Å². The van der Waals surface area contributed by atoms with E-state index >= 15 is 0 Å². The fourth-order valence-corrected chi connectivity index (χ4v) is 3.80. The molecule has 0 aliphatic carbocycles. The van der Waals surface area contributed by atoms with Gasteiger partial charge in [0.05, 0.1) is 16.5 Å². The summed E-state index contributed by atoms with van der Waals surface area (Å²) in [4.78, 5) is 16.0. The van der Waals surface area contributed by atoms with Gasteiger partial charge in [-0.25, -0.2) is 4.98 Å². The molecule has 2 aromatic rings. The third-order valence-electron chi connectivity index (χ3n) is 4.26. The lowest BCUT2D eigenvalue weighted by molar-refractivity contribution is -0.162. The zero-order valence-corrected chi connectivity index (χ0v) is 19.8. The minimum Gasteiger partial charge on any atom is -0.462 e. The first kappa shape index (κ1) is 24.6. The average molecular weight is 490 g/mol. The van der Waals surface area contributed by atoms with Crippen molar-refractivity contribution in [2.45, 2.75) is 66.3 Å². The van der Waals surface area contributed by atoms with Crippen molar-refractivity contribution in [2.75, 3.05) is 6.61 Å². The van der Waals surface area contributed by atoms with Gasteiger partial charge in [-0.3, -0.25) is 4.79 Å². The summed E-state index contributed by atoms with van der Waals surface area (Å²) in [6.07, 6.45) is -5.14. The molecular formula is C22H27BrF3NO3. The molecule has 1 aromatic carbocycles. The van der Waals surface area contributed by atoms with Gasteiger partial charge in [0.15, 0.2) is 0 Å². The highest BCUT2D eigenvalue weighted by atomic mass is 79.9. The van der Waals surface area contributed by atoms with Crippen LogP contribution in [-0.4, -0.2) is 23.2 Å². The highest BCUT2D eigenvalue weighted by Gasteiger charge is 2.33. The molecule has 1 atom stereocenters. The van der Waals surface area contributed by atoms with Crippen molar-refractivity contribution in [3.63, 3.8) is 0 Å². The molecule has 0 aliphatic heterocycles. The van der Waals surface area contributed by atoms with Crippen LogP contribution in [0.15, 0.2) is 22.7 Å². The van der Waals surface area contributed by atoms with E-state index in [1.54, 1.807) is 33.8 Å². The van der Waals surface area contributed by atoms with E-state index in [9.17, 15) is 18.0 Å². The predicted molar refractivity (Wildman–Crippen MR) is 113 cm³/mol. The second-order valence-corrected chi connectivity index (χ2v) is 10.0. The molecule has 0 bridgehead atoms. The van der Waals surface area contributed by atoms with Crippen molar-refractivity contribution in [2.24, 2.45) is 5.41 Å². The molecule has 0 unspecified atom stereocenters. The van der Waals surface area contributed by atoms with Crippen molar-refractivity contribution < 1.29 is 27.4 Å². The van der Waals surface area contributed by atoms with Crippen LogP contribution in [0.3, 0.4) is 0 Å². The van der Waals surface area contributed by atoms with Gasteiger partial charge in [-0.05, 0) is 88.2 Å². The van der Waals surface area contributed by atoms with Crippen LogP contribution in [-0.2, 0) is 20.4 Å². The van der Waals surface area contributed by atoms with Crippen molar-refractivity contribution >= 4 is 32.8 Å². The topological polar surface area (TPSA) is 48.4 Å². The molecule has 0 saturated carbocycles. The predicted octanol–water partition coefficient (Wildman–Crippen LogP) is 6.77. The normalized spacial score (nSPS) is 14.1. The Morgan fingerprint density at radius 3 is 2.23 bits per heavy atom. The first-order chi connectivity index (χ1) is 13.5.